The fraction of sp³-hybridized carbons (Fsp3) is 0.500. The Kier molecular flexibility index (Phi) is 7.22. The zero-order valence-electron chi connectivity index (χ0n) is 13.8. The topological polar surface area (TPSA) is 73.5 Å². The number of carbonyl (C=O) groups is 2. The Bertz CT molecular complexity index is 481. The second kappa shape index (κ2) is 8.92. The Morgan fingerprint density at radius 3 is 2.18 bits per heavy atom. The van der Waals surface area contributed by atoms with Crippen LogP contribution in [0.25, 0.3) is 0 Å². The van der Waals surface area contributed by atoms with Gasteiger partial charge in [-0.15, -0.1) is 0 Å². The number of rotatable bonds is 7. The molecule has 0 spiro atoms. The van der Waals surface area contributed by atoms with Gasteiger partial charge >= 0.3 is 6.03 Å². The van der Waals surface area contributed by atoms with E-state index in [4.69, 9.17) is 0 Å². The minimum Gasteiger partial charge on any atom is -0.372 e. The molecule has 1 rings (SSSR count). The molecule has 3 N–H and O–H groups in total. The van der Waals surface area contributed by atoms with Gasteiger partial charge in [-0.25, -0.2) is 4.79 Å². The van der Waals surface area contributed by atoms with Gasteiger partial charge in [0.25, 0.3) is 0 Å². The van der Waals surface area contributed by atoms with Gasteiger partial charge in [0.05, 0.1) is 6.54 Å². The summed E-state index contributed by atoms with van der Waals surface area (Å²) in [5.74, 6) is -0.255. The molecule has 0 radical (unpaired) electrons. The van der Waals surface area contributed by atoms with Crippen molar-refractivity contribution >= 4 is 23.3 Å². The predicted octanol–water partition coefficient (Wildman–Crippen LogP) is 2.18. The molecular formula is C16H26N4O2. The summed E-state index contributed by atoms with van der Waals surface area (Å²) < 4.78 is 0. The van der Waals surface area contributed by atoms with Crippen LogP contribution in [-0.4, -0.2) is 37.6 Å². The van der Waals surface area contributed by atoms with Gasteiger partial charge in [0.1, 0.15) is 0 Å². The molecule has 0 fully saturated rings. The SMILES string of the molecule is CCN(CC)c1ccc(NC(=O)CNC(=O)NC(C)C)cc1. The summed E-state index contributed by atoms with van der Waals surface area (Å²) in [6.45, 7) is 9.75. The van der Waals surface area contributed by atoms with Gasteiger partial charge in [0.2, 0.25) is 5.91 Å². The van der Waals surface area contributed by atoms with Crippen LogP contribution in [0.2, 0.25) is 0 Å². The number of hydrogen-bond acceptors (Lipinski definition) is 3. The van der Waals surface area contributed by atoms with E-state index in [2.05, 4.69) is 34.7 Å². The van der Waals surface area contributed by atoms with Crippen molar-refractivity contribution in [1.82, 2.24) is 10.6 Å². The fourth-order valence-corrected chi connectivity index (χ4v) is 2.02. The lowest BCUT2D eigenvalue weighted by Crippen LogP contribution is -2.42. The molecule has 0 aliphatic heterocycles. The van der Waals surface area contributed by atoms with Gasteiger partial charge in [-0.2, -0.15) is 0 Å². The van der Waals surface area contributed by atoms with Crippen molar-refractivity contribution in [1.29, 1.82) is 0 Å². The van der Waals surface area contributed by atoms with Crippen LogP contribution in [0.15, 0.2) is 24.3 Å². The van der Waals surface area contributed by atoms with Crippen molar-refractivity contribution in [2.45, 2.75) is 33.7 Å². The van der Waals surface area contributed by atoms with Crippen molar-refractivity contribution in [3.05, 3.63) is 24.3 Å². The molecular weight excluding hydrogens is 280 g/mol. The van der Waals surface area contributed by atoms with Crippen molar-refractivity contribution in [3.8, 4) is 0 Å². The molecule has 6 nitrogen and oxygen atoms in total. The van der Waals surface area contributed by atoms with E-state index in [0.717, 1.165) is 18.8 Å². The van der Waals surface area contributed by atoms with Crippen molar-refractivity contribution in [3.63, 3.8) is 0 Å². The number of hydrogen-bond donors (Lipinski definition) is 3. The van der Waals surface area contributed by atoms with Gasteiger partial charge < -0.3 is 20.9 Å². The van der Waals surface area contributed by atoms with E-state index in [-0.39, 0.29) is 24.5 Å². The molecule has 1 aromatic carbocycles. The molecule has 6 heteroatoms. The Morgan fingerprint density at radius 2 is 1.68 bits per heavy atom. The molecule has 22 heavy (non-hydrogen) atoms. The van der Waals surface area contributed by atoms with Crippen molar-refractivity contribution < 1.29 is 9.59 Å². The van der Waals surface area contributed by atoms with Gasteiger partial charge in [-0.3, -0.25) is 4.79 Å². The quantitative estimate of drug-likeness (QED) is 0.723. The first-order valence-electron chi connectivity index (χ1n) is 7.65. The molecule has 0 bridgehead atoms. The van der Waals surface area contributed by atoms with Crippen LogP contribution < -0.4 is 20.9 Å². The van der Waals surface area contributed by atoms with Crippen LogP contribution in [0.4, 0.5) is 16.2 Å². The van der Waals surface area contributed by atoms with E-state index in [1.54, 1.807) is 0 Å². The molecule has 0 unspecified atom stereocenters. The van der Waals surface area contributed by atoms with E-state index in [1.807, 2.05) is 38.1 Å². The molecule has 0 saturated heterocycles. The maximum Gasteiger partial charge on any atom is 0.315 e. The number of amides is 3. The van der Waals surface area contributed by atoms with E-state index in [9.17, 15) is 9.59 Å². The minimum absolute atomic E-state index is 0.0377. The van der Waals surface area contributed by atoms with Gasteiger partial charge in [0, 0.05) is 30.5 Å². The van der Waals surface area contributed by atoms with Crippen LogP contribution in [0.5, 0.6) is 0 Å². The third kappa shape index (κ3) is 6.03. The molecule has 1 aromatic rings. The molecule has 0 atom stereocenters. The number of nitrogens with one attached hydrogen (secondary N) is 3. The van der Waals surface area contributed by atoms with Crippen molar-refractivity contribution in [2.75, 3.05) is 29.9 Å². The Labute approximate surface area is 132 Å². The van der Waals surface area contributed by atoms with E-state index < -0.39 is 0 Å². The average molecular weight is 306 g/mol. The zero-order valence-corrected chi connectivity index (χ0v) is 13.8. The number of carbonyl (C=O) groups excluding carboxylic acids is 2. The molecule has 0 heterocycles. The Balaban J connectivity index is 2.46. The van der Waals surface area contributed by atoms with Crippen LogP contribution >= 0.6 is 0 Å². The maximum absolute atomic E-state index is 11.8. The standard InChI is InChI=1S/C16H26N4O2/c1-5-20(6-2)14-9-7-13(8-10-14)19-15(21)11-17-16(22)18-12(3)4/h7-10,12H,5-6,11H2,1-4H3,(H,19,21)(H2,17,18,22). The van der Waals surface area contributed by atoms with Crippen LogP contribution in [0.3, 0.4) is 0 Å². The van der Waals surface area contributed by atoms with Crippen LogP contribution in [0, 0.1) is 0 Å². The van der Waals surface area contributed by atoms with E-state index in [0.29, 0.717) is 5.69 Å². The average Bonchev–Trinajstić information content (AvgIpc) is 2.47. The summed E-state index contributed by atoms with van der Waals surface area (Å²) in [7, 11) is 0. The molecule has 0 aromatic heterocycles. The molecule has 0 aliphatic rings. The third-order valence-corrected chi connectivity index (χ3v) is 3.11. The minimum atomic E-state index is -0.345. The zero-order chi connectivity index (χ0) is 16.5. The van der Waals surface area contributed by atoms with Gasteiger partial charge in [0.15, 0.2) is 0 Å². The first-order chi connectivity index (χ1) is 10.5. The monoisotopic (exact) mass is 306 g/mol. The van der Waals surface area contributed by atoms with Crippen LogP contribution in [0.1, 0.15) is 27.7 Å². The molecule has 0 aliphatic carbocycles. The summed E-state index contributed by atoms with van der Waals surface area (Å²) in [6.07, 6.45) is 0. The summed E-state index contributed by atoms with van der Waals surface area (Å²) in [6, 6.07) is 7.36. The second-order valence-corrected chi connectivity index (χ2v) is 5.25. The van der Waals surface area contributed by atoms with Gasteiger partial charge in [-0.1, -0.05) is 0 Å². The maximum atomic E-state index is 11.8. The van der Waals surface area contributed by atoms with E-state index >= 15 is 0 Å². The highest BCUT2D eigenvalue weighted by molar-refractivity contribution is 5.94. The smallest absolute Gasteiger partial charge is 0.315 e. The first kappa shape index (κ1) is 17.8. The number of anilines is 2. The summed E-state index contributed by atoms with van der Waals surface area (Å²) in [5.41, 5.74) is 1.84. The lowest BCUT2D eigenvalue weighted by molar-refractivity contribution is -0.115. The molecule has 3 amide bonds. The van der Waals surface area contributed by atoms with Crippen molar-refractivity contribution in [2.24, 2.45) is 0 Å². The number of nitrogens with zero attached hydrogens (tertiary/aromatic N) is 1. The number of urea groups is 1. The second-order valence-electron chi connectivity index (χ2n) is 5.25. The summed E-state index contributed by atoms with van der Waals surface area (Å²) in [4.78, 5) is 25.4. The summed E-state index contributed by atoms with van der Waals surface area (Å²) in [5, 5.41) is 7.92. The normalized spacial score (nSPS) is 10.2. The first-order valence-corrected chi connectivity index (χ1v) is 7.65. The summed E-state index contributed by atoms with van der Waals surface area (Å²) >= 11 is 0. The Hall–Kier alpha value is -2.24. The highest BCUT2D eigenvalue weighted by Crippen LogP contribution is 2.17. The third-order valence-electron chi connectivity index (χ3n) is 3.11. The predicted molar refractivity (Wildman–Crippen MR) is 90.3 cm³/mol. The highest BCUT2D eigenvalue weighted by atomic mass is 16.2. The lowest BCUT2D eigenvalue weighted by atomic mass is 10.2. The van der Waals surface area contributed by atoms with Gasteiger partial charge in [-0.05, 0) is 52.0 Å². The lowest BCUT2D eigenvalue weighted by Gasteiger charge is -2.21. The highest BCUT2D eigenvalue weighted by Gasteiger charge is 2.07. The molecule has 122 valence electrons. The van der Waals surface area contributed by atoms with Crippen LogP contribution in [-0.2, 0) is 4.79 Å². The Morgan fingerprint density at radius 1 is 1.09 bits per heavy atom. The largest absolute Gasteiger partial charge is 0.372 e. The van der Waals surface area contributed by atoms with E-state index in [1.165, 1.54) is 0 Å². The molecule has 0 saturated carbocycles. The number of benzene rings is 1. The fourth-order valence-electron chi connectivity index (χ4n) is 2.02.